The Hall–Kier alpha value is -2.84. The van der Waals surface area contributed by atoms with E-state index in [4.69, 9.17) is 37.1 Å². The van der Waals surface area contributed by atoms with E-state index in [-0.39, 0.29) is 32.3 Å². The molecule has 0 aliphatic heterocycles. The van der Waals surface area contributed by atoms with Crippen molar-refractivity contribution < 1.29 is 33.4 Å². The normalized spacial score (nSPS) is 11.8. The molecule has 12 N–H and O–H groups in total. The van der Waals surface area contributed by atoms with Gasteiger partial charge in [-0.1, -0.05) is 19.8 Å². The number of hydrogen-bond acceptors (Lipinski definition) is 10. The van der Waals surface area contributed by atoms with E-state index in [1.54, 1.807) is 6.92 Å². The molecule has 0 aliphatic carbocycles. The van der Waals surface area contributed by atoms with Crippen molar-refractivity contribution in [3.8, 4) is 0 Å². The Balaban J connectivity index is 0. The highest BCUT2D eigenvalue weighted by molar-refractivity contribution is 5.73. The number of hydrogen-bond donors (Lipinski definition) is 7. The third kappa shape index (κ3) is 23.8. The van der Waals surface area contributed by atoms with Gasteiger partial charge in [0.15, 0.2) is 0 Å². The molecule has 0 aromatic heterocycles. The van der Waals surface area contributed by atoms with Crippen molar-refractivity contribution in [2.24, 2.45) is 28.7 Å². The summed E-state index contributed by atoms with van der Waals surface area (Å²) >= 11 is 0. The highest BCUT2D eigenvalue weighted by atomic mass is 16.6. The fraction of sp³-hybridized carbons (Fsp3) is 0.800. The SMILES string of the molecule is CCC(N)=O.NCCCCC(COC(N)=O)NC(=O)OC[C@H](CCCCN)NC(=O)OCCN. The molecule has 0 aromatic rings. The lowest BCUT2D eigenvalue weighted by Gasteiger charge is -2.21. The molecule has 0 spiro atoms. The van der Waals surface area contributed by atoms with Crippen LogP contribution >= 0.6 is 0 Å². The van der Waals surface area contributed by atoms with Gasteiger partial charge in [0, 0.05) is 13.0 Å². The maximum absolute atomic E-state index is 12.1. The Kier molecular flexibility index (Phi) is 22.9. The van der Waals surface area contributed by atoms with Gasteiger partial charge in [-0.3, -0.25) is 4.79 Å². The Morgan fingerprint density at radius 3 is 1.53 bits per heavy atom. The van der Waals surface area contributed by atoms with Crippen molar-refractivity contribution in [3.05, 3.63) is 0 Å². The van der Waals surface area contributed by atoms with Crippen LogP contribution in [0.3, 0.4) is 0 Å². The zero-order valence-corrected chi connectivity index (χ0v) is 20.1. The second-order valence-electron chi connectivity index (χ2n) is 7.22. The van der Waals surface area contributed by atoms with E-state index in [1.807, 2.05) is 0 Å². The zero-order chi connectivity index (χ0) is 26.2. The first-order valence-electron chi connectivity index (χ1n) is 11.4. The van der Waals surface area contributed by atoms with Crippen molar-refractivity contribution in [1.82, 2.24) is 10.6 Å². The van der Waals surface area contributed by atoms with Crippen molar-refractivity contribution in [3.63, 3.8) is 0 Å². The topological polar surface area (TPSA) is 250 Å². The molecule has 0 bridgehead atoms. The summed E-state index contributed by atoms with van der Waals surface area (Å²) in [5, 5.41) is 5.27. The molecule has 14 heteroatoms. The number of nitrogens with two attached hydrogens (primary N) is 5. The summed E-state index contributed by atoms with van der Waals surface area (Å²) in [6, 6.07) is -0.894. The molecule has 34 heavy (non-hydrogen) atoms. The predicted octanol–water partition coefficient (Wildman–Crippen LogP) is -0.630. The molecule has 4 amide bonds. The van der Waals surface area contributed by atoms with Crippen LogP contribution in [-0.4, -0.2) is 75.7 Å². The largest absolute Gasteiger partial charge is 0.448 e. The predicted molar refractivity (Wildman–Crippen MR) is 126 cm³/mol. The van der Waals surface area contributed by atoms with Crippen molar-refractivity contribution in [2.45, 2.75) is 64.0 Å². The lowest BCUT2D eigenvalue weighted by atomic mass is 10.1. The molecule has 0 heterocycles. The molecule has 0 aliphatic rings. The summed E-state index contributed by atoms with van der Waals surface area (Å²) in [7, 11) is 0. The lowest BCUT2D eigenvalue weighted by molar-refractivity contribution is -0.117. The molecule has 0 aromatic carbocycles. The number of amides is 4. The smallest absolute Gasteiger partial charge is 0.407 e. The fourth-order valence-electron chi connectivity index (χ4n) is 2.39. The second-order valence-corrected chi connectivity index (χ2v) is 7.22. The summed E-state index contributed by atoms with van der Waals surface area (Å²) in [5.74, 6) is -0.245. The van der Waals surface area contributed by atoms with Crippen molar-refractivity contribution >= 4 is 24.2 Å². The van der Waals surface area contributed by atoms with Gasteiger partial charge in [-0.25, -0.2) is 14.4 Å². The van der Waals surface area contributed by atoms with Crippen LogP contribution in [0.25, 0.3) is 0 Å². The minimum absolute atomic E-state index is 0.0552. The zero-order valence-electron chi connectivity index (χ0n) is 20.1. The number of carbonyl (C=O) groups is 4. The molecule has 1 unspecified atom stereocenters. The minimum Gasteiger partial charge on any atom is -0.448 e. The molecule has 0 fully saturated rings. The monoisotopic (exact) mass is 493 g/mol. The lowest BCUT2D eigenvalue weighted by Crippen LogP contribution is -2.43. The van der Waals surface area contributed by atoms with Crippen LogP contribution in [0.5, 0.6) is 0 Å². The van der Waals surface area contributed by atoms with Gasteiger partial charge in [-0.2, -0.15) is 0 Å². The Bertz CT molecular complexity index is 567. The standard InChI is InChI=1S/C17H36N6O6.C3H7NO/c18-7-3-1-5-13(11-28-15(21)24)23-17(26)29-12-14(6-2-4-8-19)22-16(25)27-10-9-20;1-2-3(4)5/h13-14H,1-12,18-20H2,(H2,21,24)(H,22,25)(H,23,26);2H2,1H3,(H2,4,5)/t13?,14-;/m0./s1. The highest BCUT2D eigenvalue weighted by Gasteiger charge is 2.18. The van der Waals surface area contributed by atoms with Crippen LogP contribution in [0.15, 0.2) is 0 Å². The summed E-state index contributed by atoms with van der Waals surface area (Å²) in [4.78, 5) is 44.2. The van der Waals surface area contributed by atoms with Crippen LogP contribution in [0.4, 0.5) is 14.4 Å². The van der Waals surface area contributed by atoms with E-state index in [0.29, 0.717) is 32.4 Å². The number of unbranched alkanes of at least 4 members (excludes halogenated alkanes) is 2. The molecule has 0 saturated heterocycles. The van der Waals surface area contributed by atoms with Crippen LogP contribution in [-0.2, 0) is 19.0 Å². The molecule has 14 nitrogen and oxygen atoms in total. The molecular formula is C20H43N7O7. The first kappa shape index (κ1) is 33.3. The van der Waals surface area contributed by atoms with Gasteiger partial charge >= 0.3 is 18.3 Å². The Morgan fingerprint density at radius 2 is 1.15 bits per heavy atom. The first-order valence-corrected chi connectivity index (χ1v) is 11.4. The number of primary amides is 2. The van der Waals surface area contributed by atoms with Crippen LogP contribution < -0.4 is 39.3 Å². The Labute approximate surface area is 200 Å². The summed E-state index contributed by atoms with van der Waals surface area (Å²) in [6.45, 7) is 2.94. The number of rotatable bonds is 17. The number of carbonyl (C=O) groups excluding carboxylic acids is 4. The molecule has 200 valence electrons. The van der Waals surface area contributed by atoms with Gasteiger partial charge in [0.25, 0.3) is 0 Å². The van der Waals surface area contributed by atoms with Gasteiger partial charge < -0.3 is 53.5 Å². The third-order valence-electron chi connectivity index (χ3n) is 4.20. The molecule has 0 saturated carbocycles. The number of ether oxygens (including phenoxy) is 3. The average molecular weight is 494 g/mol. The van der Waals surface area contributed by atoms with E-state index >= 15 is 0 Å². The van der Waals surface area contributed by atoms with Crippen LogP contribution in [0, 0.1) is 0 Å². The van der Waals surface area contributed by atoms with E-state index in [1.165, 1.54) is 0 Å². The second kappa shape index (κ2) is 23.3. The van der Waals surface area contributed by atoms with Gasteiger partial charge in [0.2, 0.25) is 5.91 Å². The third-order valence-corrected chi connectivity index (χ3v) is 4.20. The van der Waals surface area contributed by atoms with Gasteiger partial charge in [0.05, 0.1) is 12.1 Å². The molecule has 0 rings (SSSR count). The highest BCUT2D eigenvalue weighted by Crippen LogP contribution is 2.04. The quantitative estimate of drug-likeness (QED) is 0.0997. The van der Waals surface area contributed by atoms with Crippen LogP contribution in [0.2, 0.25) is 0 Å². The van der Waals surface area contributed by atoms with E-state index in [0.717, 1.165) is 25.7 Å². The molecular weight excluding hydrogens is 450 g/mol. The maximum Gasteiger partial charge on any atom is 0.407 e. The van der Waals surface area contributed by atoms with E-state index in [2.05, 4.69) is 16.4 Å². The van der Waals surface area contributed by atoms with Crippen molar-refractivity contribution in [1.29, 1.82) is 0 Å². The maximum atomic E-state index is 12.1. The van der Waals surface area contributed by atoms with Gasteiger partial charge in [0.1, 0.15) is 19.8 Å². The van der Waals surface area contributed by atoms with E-state index < -0.39 is 30.4 Å². The number of nitrogens with one attached hydrogen (secondary N) is 2. The summed E-state index contributed by atoms with van der Waals surface area (Å²) in [6.07, 6.45) is 2.32. The van der Waals surface area contributed by atoms with Gasteiger partial charge in [-0.15, -0.1) is 0 Å². The number of alkyl carbamates (subject to hydrolysis) is 2. The fourth-order valence-corrected chi connectivity index (χ4v) is 2.39. The molecule has 2 atom stereocenters. The summed E-state index contributed by atoms with van der Waals surface area (Å²) in [5.41, 5.74) is 25.9. The minimum atomic E-state index is -0.927. The van der Waals surface area contributed by atoms with Crippen molar-refractivity contribution in [2.75, 3.05) is 39.5 Å². The van der Waals surface area contributed by atoms with E-state index in [9.17, 15) is 19.2 Å². The Morgan fingerprint density at radius 1 is 0.706 bits per heavy atom. The summed E-state index contributed by atoms with van der Waals surface area (Å²) < 4.78 is 14.9. The average Bonchev–Trinajstić information content (AvgIpc) is 2.79. The van der Waals surface area contributed by atoms with Crippen LogP contribution in [0.1, 0.15) is 51.9 Å². The first-order chi connectivity index (χ1) is 16.2. The van der Waals surface area contributed by atoms with Gasteiger partial charge in [-0.05, 0) is 38.8 Å². The molecule has 0 radical (unpaired) electrons.